The van der Waals surface area contributed by atoms with Crippen molar-refractivity contribution in [1.29, 1.82) is 0 Å². The molecule has 70 valence electrons. The van der Waals surface area contributed by atoms with Crippen molar-refractivity contribution < 1.29 is 5.11 Å². The molecule has 0 spiro atoms. The van der Waals surface area contributed by atoms with Gasteiger partial charge in [0.05, 0.1) is 6.10 Å². The summed E-state index contributed by atoms with van der Waals surface area (Å²) in [5, 5.41) is 9.50. The van der Waals surface area contributed by atoms with Gasteiger partial charge in [-0.3, -0.25) is 0 Å². The van der Waals surface area contributed by atoms with Gasteiger partial charge in [0.15, 0.2) is 0 Å². The highest BCUT2D eigenvalue weighted by Gasteiger charge is 2.02. The lowest BCUT2D eigenvalue weighted by atomic mass is 10.1. The molecule has 1 atom stereocenters. The Bertz CT molecular complexity index is 262. The summed E-state index contributed by atoms with van der Waals surface area (Å²) in [6, 6.07) is 9.99. The average molecular weight is 176 g/mol. The van der Waals surface area contributed by atoms with E-state index >= 15 is 0 Å². The van der Waals surface area contributed by atoms with Crippen LogP contribution in [-0.4, -0.2) is 11.2 Å². The van der Waals surface area contributed by atoms with E-state index in [4.69, 9.17) is 0 Å². The highest BCUT2D eigenvalue weighted by atomic mass is 16.3. The number of hydrogen-bond donors (Lipinski definition) is 1. The van der Waals surface area contributed by atoms with Crippen molar-refractivity contribution in [2.45, 2.75) is 20.0 Å². The van der Waals surface area contributed by atoms with E-state index in [1.807, 2.05) is 56.3 Å². The van der Waals surface area contributed by atoms with Crippen molar-refractivity contribution in [3.63, 3.8) is 0 Å². The molecule has 1 aromatic rings. The summed E-state index contributed by atoms with van der Waals surface area (Å²) in [6.07, 6.45) is 3.44. The zero-order valence-corrected chi connectivity index (χ0v) is 8.14. The van der Waals surface area contributed by atoms with Crippen LogP contribution in [0.4, 0.5) is 0 Å². The van der Waals surface area contributed by atoms with E-state index in [1.54, 1.807) is 0 Å². The minimum Gasteiger partial charge on any atom is -0.389 e. The van der Waals surface area contributed by atoms with E-state index in [-0.39, 0.29) is 12.0 Å². The molecule has 0 aliphatic carbocycles. The molecule has 0 bridgehead atoms. The van der Waals surface area contributed by atoms with E-state index in [9.17, 15) is 5.11 Å². The molecule has 1 unspecified atom stereocenters. The Labute approximate surface area is 79.7 Å². The minimum absolute atomic E-state index is 0.278. The number of aliphatic hydroxyl groups is 1. The van der Waals surface area contributed by atoms with E-state index in [0.29, 0.717) is 0 Å². The highest BCUT2D eigenvalue weighted by molar-refractivity contribution is 5.49. The third-order valence-electron chi connectivity index (χ3n) is 1.97. The molecule has 0 fully saturated rings. The van der Waals surface area contributed by atoms with Crippen LogP contribution in [0.15, 0.2) is 36.4 Å². The Hall–Kier alpha value is -1.08. The average Bonchev–Trinajstić information content (AvgIpc) is 2.15. The Morgan fingerprint density at radius 2 is 1.77 bits per heavy atom. The van der Waals surface area contributed by atoms with E-state index < -0.39 is 0 Å². The van der Waals surface area contributed by atoms with Crippen molar-refractivity contribution in [2.24, 2.45) is 5.92 Å². The largest absolute Gasteiger partial charge is 0.389 e. The van der Waals surface area contributed by atoms with E-state index in [0.717, 1.165) is 5.56 Å². The smallest absolute Gasteiger partial charge is 0.0747 e. The van der Waals surface area contributed by atoms with Gasteiger partial charge < -0.3 is 5.11 Å². The zero-order chi connectivity index (χ0) is 9.68. The molecule has 13 heavy (non-hydrogen) atoms. The molecule has 0 amide bonds. The summed E-state index contributed by atoms with van der Waals surface area (Å²) >= 11 is 0. The predicted molar refractivity (Wildman–Crippen MR) is 56.3 cm³/mol. The standard InChI is InChI=1S/C12H16O/c1-10(2)12(13)9-8-11-6-4-3-5-7-11/h3-10,12-13H,1-2H3. The second-order valence-electron chi connectivity index (χ2n) is 3.50. The molecule has 1 aromatic carbocycles. The van der Waals surface area contributed by atoms with Crippen LogP contribution in [0.2, 0.25) is 0 Å². The number of rotatable bonds is 3. The fourth-order valence-corrected chi connectivity index (χ4v) is 0.996. The van der Waals surface area contributed by atoms with Crippen molar-refractivity contribution in [2.75, 3.05) is 0 Å². The Balaban J connectivity index is 2.59. The van der Waals surface area contributed by atoms with Crippen molar-refractivity contribution in [3.8, 4) is 0 Å². The van der Waals surface area contributed by atoms with Gasteiger partial charge in [-0.05, 0) is 11.5 Å². The Morgan fingerprint density at radius 1 is 1.15 bits per heavy atom. The van der Waals surface area contributed by atoms with Gasteiger partial charge in [0, 0.05) is 0 Å². The monoisotopic (exact) mass is 176 g/mol. The molecule has 0 saturated heterocycles. The van der Waals surface area contributed by atoms with Crippen LogP contribution in [0, 0.1) is 5.92 Å². The molecule has 0 aliphatic heterocycles. The SMILES string of the molecule is CC(C)C(O)C=Cc1ccccc1. The Morgan fingerprint density at radius 3 is 2.31 bits per heavy atom. The second kappa shape index (κ2) is 4.83. The van der Waals surface area contributed by atoms with Crippen LogP contribution >= 0.6 is 0 Å². The van der Waals surface area contributed by atoms with Gasteiger partial charge in [0.1, 0.15) is 0 Å². The van der Waals surface area contributed by atoms with Crippen molar-refractivity contribution in [1.82, 2.24) is 0 Å². The quantitative estimate of drug-likeness (QED) is 0.750. The van der Waals surface area contributed by atoms with Gasteiger partial charge in [-0.1, -0.05) is 56.3 Å². The second-order valence-corrected chi connectivity index (χ2v) is 3.50. The lowest BCUT2D eigenvalue weighted by Crippen LogP contribution is -2.10. The summed E-state index contributed by atoms with van der Waals surface area (Å²) in [7, 11) is 0. The van der Waals surface area contributed by atoms with E-state index in [2.05, 4.69) is 0 Å². The number of aliphatic hydroxyl groups excluding tert-OH is 1. The first-order chi connectivity index (χ1) is 6.20. The minimum atomic E-state index is -0.347. The third-order valence-corrected chi connectivity index (χ3v) is 1.97. The lowest BCUT2D eigenvalue weighted by Gasteiger charge is -2.08. The molecule has 0 radical (unpaired) electrons. The number of benzene rings is 1. The van der Waals surface area contributed by atoms with Crippen LogP contribution in [0.5, 0.6) is 0 Å². The van der Waals surface area contributed by atoms with Gasteiger partial charge in [0.2, 0.25) is 0 Å². The zero-order valence-electron chi connectivity index (χ0n) is 8.14. The predicted octanol–water partition coefficient (Wildman–Crippen LogP) is 2.72. The van der Waals surface area contributed by atoms with Crippen LogP contribution in [0.3, 0.4) is 0 Å². The first-order valence-electron chi connectivity index (χ1n) is 4.61. The van der Waals surface area contributed by atoms with Gasteiger partial charge >= 0.3 is 0 Å². The molecule has 0 heterocycles. The molecular weight excluding hydrogens is 160 g/mol. The van der Waals surface area contributed by atoms with Gasteiger partial charge in [-0.25, -0.2) is 0 Å². The maximum Gasteiger partial charge on any atom is 0.0747 e. The molecule has 1 N–H and O–H groups in total. The Kier molecular flexibility index (Phi) is 3.71. The summed E-state index contributed by atoms with van der Waals surface area (Å²) in [5.74, 6) is 0.278. The molecular formula is C12H16O. The summed E-state index contributed by atoms with van der Waals surface area (Å²) in [5.41, 5.74) is 1.13. The molecule has 0 aromatic heterocycles. The van der Waals surface area contributed by atoms with Crippen molar-refractivity contribution in [3.05, 3.63) is 42.0 Å². The fourth-order valence-electron chi connectivity index (χ4n) is 0.996. The fraction of sp³-hybridized carbons (Fsp3) is 0.333. The first-order valence-corrected chi connectivity index (χ1v) is 4.61. The van der Waals surface area contributed by atoms with Crippen LogP contribution in [-0.2, 0) is 0 Å². The van der Waals surface area contributed by atoms with E-state index in [1.165, 1.54) is 0 Å². The third kappa shape index (κ3) is 3.43. The molecule has 1 nitrogen and oxygen atoms in total. The first kappa shape index (κ1) is 10.0. The molecule has 0 saturated carbocycles. The molecule has 0 aliphatic rings. The van der Waals surface area contributed by atoms with Crippen LogP contribution < -0.4 is 0 Å². The summed E-state index contributed by atoms with van der Waals surface area (Å²) in [4.78, 5) is 0. The normalized spacial score (nSPS) is 13.8. The van der Waals surface area contributed by atoms with Crippen molar-refractivity contribution >= 4 is 6.08 Å². The van der Waals surface area contributed by atoms with Crippen LogP contribution in [0.1, 0.15) is 19.4 Å². The number of hydrogen-bond acceptors (Lipinski definition) is 1. The topological polar surface area (TPSA) is 20.2 Å². The van der Waals surface area contributed by atoms with Gasteiger partial charge in [-0.2, -0.15) is 0 Å². The summed E-state index contributed by atoms with van der Waals surface area (Å²) in [6.45, 7) is 4.00. The maximum absolute atomic E-state index is 9.50. The van der Waals surface area contributed by atoms with Gasteiger partial charge in [-0.15, -0.1) is 0 Å². The molecule has 1 heteroatoms. The lowest BCUT2D eigenvalue weighted by molar-refractivity contribution is 0.173. The highest BCUT2D eigenvalue weighted by Crippen LogP contribution is 2.06. The van der Waals surface area contributed by atoms with Gasteiger partial charge in [0.25, 0.3) is 0 Å². The maximum atomic E-state index is 9.50. The van der Waals surface area contributed by atoms with Crippen LogP contribution in [0.25, 0.3) is 6.08 Å². The summed E-state index contributed by atoms with van der Waals surface area (Å²) < 4.78 is 0. The molecule has 1 rings (SSSR count).